The summed E-state index contributed by atoms with van der Waals surface area (Å²) in [4.78, 5) is 14.3. The summed E-state index contributed by atoms with van der Waals surface area (Å²) < 4.78 is 67.9. The summed E-state index contributed by atoms with van der Waals surface area (Å²) in [6.45, 7) is 0. The van der Waals surface area contributed by atoms with Gasteiger partial charge in [-0.2, -0.15) is 13.2 Å². The van der Waals surface area contributed by atoms with Crippen molar-refractivity contribution in [2.75, 3.05) is 12.8 Å². The Morgan fingerprint density at radius 1 is 1.47 bits per heavy atom. The van der Waals surface area contributed by atoms with Crippen LogP contribution in [0.3, 0.4) is 0 Å². The zero-order valence-electron chi connectivity index (χ0n) is 9.59. The number of methoxy groups -OCH3 is 1. The van der Waals surface area contributed by atoms with Gasteiger partial charge in [-0.05, 0) is 0 Å². The molecule has 4 nitrogen and oxygen atoms in total. The molecule has 106 valence electrons. The molecular weight excluding hydrogens is 275 g/mol. The molecule has 1 aromatic heterocycles. The van der Waals surface area contributed by atoms with Gasteiger partial charge >= 0.3 is 12.1 Å². The second-order valence-electron chi connectivity index (χ2n) is 3.50. The minimum atomic E-state index is -5.08. The van der Waals surface area contributed by atoms with Crippen molar-refractivity contribution >= 4 is 11.8 Å². The lowest BCUT2D eigenvalue weighted by molar-refractivity contribution is -0.142. The molecule has 0 fully saturated rings. The second-order valence-corrected chi connectivity index (χ2v) is 3.50. The van der Waals surface area contributed by atoms with Crippen LogP contribution in [-0.2, 0) is 22.1 Å². The van der Waals surface area contributed by atoms with E-state index in [9.17, 15) is 26.7 Å². The number of aromatic nitrogens is 1. The number of carbonyl (C=O) groups excluding carboxylic acids is 1. The fourth-order valence-electron chi connectivity index (χ4n) is 1.48. The van der Waals surface area contributed by atoms with E-state index in [1.165, 1.54) is 0 Å². The molecule has 1 aromatic rings. The molecule has 0 saturated heterocycles. The van der Waals surface area contributed by atoms with Gasteiger partial charge in [-0.15, -0.1) is 0 Å². The summed E-state index contributed by atoms with van der Waals surface area (Å²) in [6, 6.07) is 0. The van der Waals surface area contributed by atoms with Crippen molar-refractivity contribution in [3.8, 4) is 0 Å². The monoisotopic (exact) mass is 284 g/mol. The van der Waals surface area contributed by atoms with Gasteiger partial charge in [0.2, 0.25) is 0 Å². The molecular formula is C10H9F5N2O2. The Balaban J connectivity index is 3.49. The van der Waals surface area contributed by atoms with E-state index in [-0.39, 0.29) is 0 Å². The van der Waals surface area contributed by atoms with Gasteiger partial charge in [0.25, 0.3) is 6.43 Å². The Bertz CT molecular complexity index is 488. The summed E-state index contributed by atoms with van der Waals surface area (Å²) in [5.41, 5.74) is 1.46. The van der Waals surface area contributed by atoms with Crippen LogP contribution >= 0.6 is 0 Å². The zero-order chi connectivity index (χ0) is 14.8. The third kappa shape index (κ3) is 3.30. The minimum absolute atomic E-state index is 0.351. The van der Waals surface area contributed by atoms with E-state index in [4.69, 9.17) is 5.73 Å². The lowest BCUT2D eigenvalue weighted by Gasteiger charge is -2.17. The van der Waals surface area contributed by atoms with Gasteiger partial charge in [-0.3, -0.25) is 4.79 Å². The van der Waals surface area contributed by atoms with E-state index in [0.717, 1.165) is 7.11 Å². The maximum Gasteiger partial charge on any atom is 0.417 e. The molecule has 19 heavy (non-hydrogen) atoms. The summed E-state index contributed by atoms with van der Waals surface area (Å²) in [7, 11) is 0.955. The average Bonchev–Trinajstić information content (AvgIpc) is 2.29. The third-order valence-electron chi connectivity index (χ3n) is 2.31. The summed E-state index contributed by atoms with van der Waals surface area (Å²) >= 11 is 0. The van der Waals surface area contributed by atoms with Crippen LogP contribution in [-0.4, -0.2) is 18.1 Å². The van der Waals surface area contributed by atoms with Crippen molar-refractivity contribution in [1.29, 1.82) is 0 Å². The van der Waals surface area contributed by atoms with Gasteiger partial charge in [0, 0.05) is 17.3 Å². The fraction of sp³-hybridized carbons (Fsp3) is 0.400. The molecule has 0 aliphatic rings. The SMILES string of the molecule is COC(=O)Cc1c(N)ncc(C(F)F)c1C(F)(F)F. The predicted molar refractivity (Wildman–Crippen MR) is 54.3 cm³/mol. The standard InChI is InChI=1S/C10H9F5N2O2/c1-19-6(18)2-4-7(10(13,14)15)5(8(11)12)3-17-9(4)16/h3,8H,2H2,1H3,(H2,16,17). The highest BCUT2D eigenvalue weighted by Crippen LogP contribution is 2.40. The third-order valence-corrected chi connectivity index (χ3v) is 2.31. The highest BCUT2D eigenvalue weighted by molar-refractivity contribution is 5.75. The first-order valence-electron chi connectivity index (χ1n) is 4.87. The number of hydrogen-bond donors (Lipinski definition) is 1. The second kappa shape index (κ2) is 5.37. The van der Waals surface area contributed by atoms with Crippen molar-refractivity contribution in [3.05, 3.63) is 22.9 Å². The molecule has 0 aliphatic carbocycles. The number of pyridine rings is 1. The van der Waals surface area contributed by atoms with Crippen LogP contribution in [0.4, 0.5) is 27.8 Å². The molecule has 0 bridgehead atoms. The molecule has 0 saturated carbocycles. The first kappa shape index (κ1) is 15.1. The number of nitrogen functional groups attached to an aromatic ring is 1. The van der Waals surface area contributed by atoms with Gasteiger partial charge in [0.15, 0.2) is 0 Å². The van der Waals surface area contributed by atoms with Crippen LogP contribution in [0.2, 0.25) is 0 Å². The van der Waals surface area contributed by atoms with Crippen molar-refractivity contribution in [2.24, 2.45) is 0 Å². The topological polar surface area (TPSA) is 65.2 Å². The Morgan fingerprint density at radius 3 is 2.47 bits per heavy atom. The number of nitrogens with zero attached hydrogens (tertiary/aromatic N) is 1. The fourth-order valence-corrected chi connectivity index (χ4v) is 1.48. The maximum atomic E-state index is 12.8. The van der Waals surface area contributed by atoms with Gasteiger partial charge in [0.05, 0.1) is 19.1 Å². The lowest BCUT2D eigenvalue weighted by Crippen LogP contribution is -2.19. The molecule has 0 atom stereocenters. The number of hydrogen-bond acceptors (Lipinski definition) is 4. The quantitative estimate of drug-likeness (QED) is 0.683. The van der Waals surface area contributed by atoms with Gasteiger partial charge in [-0.1, -0.05) is 0 Å². The van der Waals surface area contributed by atoms with Gasteiger partial charge < -0.3 is 10.5 Å². The number of rotatable bonds is 3. The van der Waals surface area contributed by atoms with Crippen LogP contribution in [0.5, 0.6) is 0 Å². The van der Waals surface area contributed by atoms with Crippen LogP contribution in [0.1, 0.15) is 23.1 Å². The van der Waals surface area contributed by atoms with Crippen LogP contribution in [0, 0.1) is 0 Å². The van der Waals surface area contributed by atoms with E-state index < -0.39 is 47.5 Å². The molecule has 2 N–H and O–H groups in total. The van der Waals surface area contributed by atoms with E-state index in [1.807, 2.05) is 0 Å². The molecule has 0 amide bonds. The highest BCUT2D eigenvalue weighted by atomic mass is 19.4. The number of anilines is 1. The van der Waals surface area contributed by atoms with Crippen molar-refractivity contribution in [3.63, 3.8) is 0 Å². The Hall–Kier alpha value is -1.93. The Kier molecular flexibility index (Phi) is 4.28. The molecule has 9 heteroatoms. The smallest absolute Gasteiger partial charge is 0.417 e. The van der Waals surface area contributed by atoms with Gasteiger partial charge in [0.1, 0.15) is 5.82 Å². The summed E-state index contributed by atoms with van der Waals surface area (Å²) in [6.07, 6.45) is -9.00. The number of carbonyl (C=O) groups is 1. The zero-order valence-corrected chi connectivity index (χ0v) is 9.59. The molecule has 0 radical (unpaired) electrons. The molecule has 0 spiro atoms. The van der Waals surface area contributed by atoms with E-state index in [1.54, 1.807) is 0 Å². The maximum absolute atomic E-state index is 12.8. The highest BCUT2D eigenvalue weighted by Gasteiger charge is 2.40. The normalized spacial score (nSPS) is 11.7. The summed E-state index contributed by atoms with van der Waals surface area (Å²) in [5.74, 6) is -1.67. The Morgan fingerprint density at radius 2 is 2.05 bits per heavy atom. The summed E-state index contributed by atoms with van der Waals surface area (Å²) in [5, 5.41) is 0. The van der Waals surface area contributed by atoms with Crippen LogP contribution < -0.4 is 5.73 Å². The first-order chi connectivity index (χ1) is 8.68. The van der Waals surface area contributed by atoms with Gasteiger partial charge in [-0.25, -0.2) is 13.8 Å². The van der Waals surface area contributed by atoms with E-state index in [2.05, 4.69) is 9.72 Å². The van der Waals surface area contributed by atoms with E-state index >= 15 is 0 Å². The minimum Gasteiger partial charge on any atom is -0.469 e. The van der Waals surface area contributed by atoms with Crippen molar-refractivity contribution in [1.82, 2.24) is 4.98 Å². The number of ether oxygens (including phenoxy) is 1. The molecule has 0 aliphatic heterocycles. The number of alkyl halides is 5. The average molecular weight is 284 g/mol. The lowest BCUT2D eigenvalue weighted by atomic mass is 10.0. The van der Waals surface area contributed by atoms with Crippen molar-refractivity contribution in [2.45, 2.75) is 19.0 Å². The molecule has 0 aromatic carbocycles. The molecule has 1 rings (SSSR count). The molecule has 1 heterocycles. The number of halogens is 5. The number of esters is 1. The molecule has 0 unspecified atom stereocenters. The van der Waals surface area contributed by atoms with Crippen LogP contribution in [0.15, 0.2) is 6.20 Å². The first-order valence-corrected chi connectivity index (χ1v) is 4.87. The van der Waals surface area contributed by atoms with Crippen molar-refractivity contribution < 1.29 is 31.5 Å². The number of nitrogens with two attached hydrogens (primary N) is 1. The largest absolute Gasteiger partial charge is 0.469 e. The predicted octanol–water partition coefficient (Wildman–Crippen LogP) is 2.34. The van der Waals surface area contributed by atoms with E-state index in [0.29, 0.717) is 6.20 Å². The Labute approximate surface area is 104 Å². The van der Waals surface area contributed by atoms with Crippen LogP contribution in [0.25, 0.3) is 0 Å².